The number of rotatable bonds is 5. The van der Waals surface area contributed by atoms with E-state index in [0.717, 1.165) is 27.4 Å². The topological polar surface area (TPSA) is 68.0 Å². The molecule has 0 aliphatic rings. The molecule has 2 heterocycles. The molecule has 5 nitrogen and oxygen atoms in total. The lowest BCUT2D eigenvalue weighted by molar-refractivity contribution is 0.0951. The van der Waals surface area contributed by atoms with E-state index in [1.165, 1.54) is 6.39 Å². The van der Waals surface area contributed by atoms with E-state index in [-0.39, 0.29) is 5.91 Å². The highest BCUT2D eigenvalue weighted by Gasteiger charge is 2.09. The van der Waals surface area contributed by atoms with Crippen molar-refractivity contribution in [2.24, 2.45) is 0 Å². The summed E-state index contributed by atoms with van der Waals surface area (Å²) in [6.45, 7) is 0.448. The zero-order valence-corrected chi connectivity index (χ0v) is 16.7. The van der Waals surface area contributed by atoms with Crippen LogP contribution in [0, 0.1) is 0 Å². The Balaban J connectivity index is 1.25. The van der Waals surface area contributed by atoms with Crippen molar-refractivity contribution in [3.8, 4) is 21.8 Å². The van der Waals surface area contributed by atoms with Gasteiger partial charge in [0.25, 0.3) is 5.91 Å². The minimum Gasteiger partial charge on any atom is -0.443 e. The van der Waals surface area contributed by atoms with Crippen molar-refractivity contribution in [3.63, 3.8) is 0 Å². The molecule has 0 saturated heterocycles. The Kier molecular flexibility index (Phi) is 4.83. The number of aromatic nitrogens is 2. The van der Waals surface area contributed by atoms with Crippen molar-refractivity contribution in [1.82, 2.24) is 15.3 Å². The van der Waals surface area contributed by atoms with Crippen LogP contribution in [0.1, 0.15) is 15.9 Å². The van der Waals surface area contributed by atoms with Gasteiger partial charge in [0, 0.05) is 28.6 Å². The van der Waals surface area contributed by atoms with E-state index in [4.69, 9.17) is 9.40 Å². The highest BCUT2D eigenvalue weighted by atomic mass is 32.1. The van der Waals surface area contributed by atoms with Gasteiger partial charge in [-0.2, -0.15) is 0 Å². The minimum atomic E-state index is -0.142. The highest BCUT2D eigenvalue weighted by Crippen LogP contribution is 2.29. The van der Waals surface area contributed by atoms with Gasteiger partial charge in [0.05, 0.1) is 5.69 Å². The Hall–Kier alpha value is -3.77. The van der Waals surface area contributed by atoms with Crippen LogP contribution in [-0.4, -0.2) is 15.9 Å². The van der Waals surface area contributed by atoms with E-state index in [2.05, 4.69) is 27.8 Å². The first-order valence-electron chi connectivity index (χ1n) is 9.48. The van der Waals surface area contributed by atoms with Crippen LogP contribution in [0.4, 0.5) is 0 Å². The van der Waals surface area contributed by atoms with Crippen molar-refractivity contribution >= 4 is 28.3 Å². The van der Waals surface area contributed by atoms with Gasteiger partial charge in [-0.25, -0.2) is 9.97 Å². The van der Waals surface area contributed by atoms with Gasteiger partial charge in [0.2, 0.25) is 0 Å². The van der Waals surface area contributed by atoms with Crippen LogP contribution in [-0.2, 0) is 6.54 Å². The Morgan fingerprint density at radius 1 is 0.967 bits per heavy atom. The molecule has 1 amide bonds. The van der Waals surface area contributed by atoms with Crippen LogP contribution in [0.5, 0.6) is 0 Å². The van der Waals surface area contributed by atoms with Crippen molar-refractivity contribution in [1.29, 1.82) is 0 Å². The number of benzene rings is 3. The number of fused-ring (bicyclic) bond motifs is 1. The maximum atomic E-state index is 12.4. The largest absolute Gasteiger partial charge is 0.443 e. The maximum absolute atomic E-state index is 12.4. The molecule has 3 aromatic carbocycles. The van der Waals surface area contributed by atoms with Gasteiger partial charge in [-0.15, -0.1) is 11.3 Å². The lowest BCUT2D eigenvalue weighted by Crippen LogP contribution is -2.22. The monoisotopic (exact) mass is 411 g/mol. The molecule has 5 rings (SSSR count). The summed E-state index contributed by atoms with van der Waals surface area (Å²) in [5.41, 5.74) is 6.08. The van der Waals surface area contributed by atoms with Crippen molar-refractivity contribution in [2.75, 3.05) is 0 Å². The Morgan fingerprint density at radius 3 is 2.63 bits per heavy atom. The smallest absolute Gasteiger partial charge is 0.251 e. The molecule has 0 atom stereocenters. The third-order valence-electron chi connectivity index (χ3n) is 4.82. The molecule has 5 aromatic rings. The van der Waals surface area contributed by atoms with Gasteiger partial charge < -0.3 is 9.73 Å². The van der Waals surface area contributed by atoms with Crippen molar-refractivity contribution in [3.05, 3.63) is 95.7 Å². The Labute approximate surface area is 177 Å². The molecule has 30 heavy (non-hydrogen) atoms. The molecule has 0 fully saturated rings. The Morgan fingerprint density at radius 2 is 1.80 bits per heavy atom. The third kappa shape index (κ3) is 3.73. The van der Waals surface area contributed by atoms with Crippen molar-refractivity contribution < 1.29 is 9.21 Å². The summed E-state index contributed by atoms with van der Waals surface area (Å²) < 4.78 is 5.21. The van der Waals surface area contributed by atoms with Crippen molar-refractivity contribution in [2.45, 2.75) is 6.54 Å². The summed E-state index contributed by atoms with van der Waals surface area (Å²) in [5, 5.41) is 6.00. The number of carbonyl (C=O) groups excluding carboxylic acids is 1. The molecule has 0 aliphatic heterocycles. The molecule has 0 saturated carbocycles. The second kappa shape index (κ2) is 7.93. The zero-order chi connectivity index (χ0) is 20.3. The maximum Gasteiger partial charge on any atom is 0.251 e. The second-order valence-electron chi connectivity index (χ2n) is 6.82. The summed E-state index contributed by atoms with van der Waals surface area (Å²) in [7, 11) is 0. The first kappa shape index (κ1) is 18.3. The number of amides is 1. The molecule has 2 aromatic heterocycles. The molecule has 0 bridgehead atoms. The molecule has 1 N–H and O–H groups in total. The summed E-state index contributed by atoms with van der Waals surface area (Å²) in [4.78, 5) is 21.3. The van der Waals surface area contributed by atoms with E-state index >= 15 is 0 Å². The Bertz CT molecular complexity index is 1310. The van der Waals surface area contributed by atoms with E-state index in [9.17, 15) is 4.79 Å². The molecular formula is C24H17N3O2S. The van der Waals surface area contributed by atoms with Gasteiger partial charge in [-0.3, -0.25) is 4.79 Å². The normalized spacial score (nSPS) is 10.9. The molecular weight excluding hydrogens is 394 g/mol. The predicted molar refractivity (Wildman–Crippen MR) is 118 cm³/mol. The molecule has 0 unspecified atom stereocenters. The van der Waals surface area contributed by atoms with E-state index in [1.807, 2.05) is 42.5 Å². The van der Waals surface area contributed by atoms with Crippen LogP contribution in [0.15, 0.2) is 89.0 Å². The summed E-state index contributed by atoms with van der Waals surface area (Å²) in [6, 6.07) is 23.5. The number of thiazole rings is 1. The average molecular weight is 411 g/mol. The summed E-state index contributed by atoms with van der Waals surface area (Å²) >= 11 is 1.63. The molecule has 6 heteroatoms. The van der Waals surface area contributed by atoms with Crippen LogP contribution in [0.2, 0.25) is 0 Å². The van der Waals surface area contributed by atoms with E-state index in [1.54, 1.807) is 29.5 Å². The molecule has 146 valence electrons. The predicted octanol–water partition coefficient (Wildman–Crippen LogP) is 5.55. The first-order valence-corrected chi connectivity index (χ1v) is 10.4. The SMILES string of the molecule is O=C(NCc1ccc(-c2nc(-c3ccccc3)cs2)cc1)c1ccc2ocnc2c1. The number of oxazole rings is 1. The fourth-order valence-corrected chi connectivity index (χ4v) is 4.03. The molecule has 0 aliphatic carbocycles. The van der Waals surface area contributed by atoms with Crippen LogP contribution in [0.3, 0.4) is 0 Å². The number of nitrogens with one attached hydrogen (secondary N) is 1. The zero-order valence-electron chi connectivity index (χ0n) is 15.9. The molecule has 0 spiro atoms. The molecule has 0 radical (unpaired) electrons. The third-order valence-corrected chi connectivity index (χ3v) is 5.71. The van der Waals surface area contributed by atoms with E-state index < -0.39 is 0 Å². The number of hydrogen-bond donors (Lipinski definition) is 1. The van der Waals surface area contributed by atoms with Gasteiger partial charge in [-0.05, 0) is 23.8 Å². The van der Waals surface area contributed by atoms with Gasteiger partial charge >= 0.3 is 0 Å². The number of carbonyl (C=O) groups is 1. The standard InChI is InChI=1S/C24H17N3O2S/c28-23(19-10-11-22-20(12-19)26-15-29-22)25-13-16-6-8-18(9-7-16)24-27-21(14-30-24)17-4-2-1-3-5-17/h1-12,14-15H,13H2,(H,25,28). The minimum absolute atomic E-state index is 0.142. The second-order valence-corrected chi connectivity index (χ2v) is 7.68. The number of hydrogen-bond acceptors (Lipinski definition) is 5. The van der Waals surface area contributed by atoms with Crippen LogP contribution >= 0.6 is 11.3 Å². The number of nitrogens with zero attached hydrogens (tertiary/aromatic N) is 2. The lowest BCUT2D eigenvalue weighted by atomic mass is 10.1. The summed E-state index contributed by atoms with van der Waals surface area (Å²) in [6.07, 6.45) is 1.37. The van der Waals surface area contributed by atoms with Crippen LogP contribution < -0.4 is 5.32 Å². The fourth-order valence-electron chi connectivity index (χ4n) is 3.20. The quantitative estimate of drug-likeness (QED) is 0.412. The fraction of sp³-hybridized carbons (Fsp3) is 0.0417. The average Bonchev–Trinajstić information content (AvgIpc) is 3.48. The van der Waals surface area contributed by atoms with E-state index in [0.29, 0.717) is 23.2 Å². The van der Waals surface area contributed by atoms with Gasteiger partial charge in [-0.1, -0.05) is 54.6 Å². The highest BCUT2D eigenvalue weighted by molar-refractivity contribution is 7.13. The summed E-state index contributed by atoms with van der Waals surface area (Å²) in [5.74, 6) is -0.142. The lowest BCUT2D eigenvalue weighted by Gasteiger charge is -2.06. The van der Waals surface area contributed by atoms with Gasteiger partial charge in [0.15, 0.2) is 12.0 Å². The van der Waals surface area contributed by atoms with Crippen LogP contribution in [0.25, 0.3) is 32.9 Å². The first-order chi connectivity index (χ1) is 14.8. The van der Waals surface area contributed by atoms with Gasteiger partial charge in [0.1, 0.15) is 10.5 Å².